The van der Waals surface area contributed by atoms with E-state index in [1.54, 1.807) is 0 Å². The number of hydrogen-bond acceptors (Lipinski definition) is 7. The Morgan fingerprint density at radius 1 is 1.52 bits per heavy atom. The second-order valence-electron chi connectivity index (χ2n) is 5.51. The van der Waals surface area contributed by atoms with Crippen LogP contribution in [0.3, 0.4) is 0 Å². The predicted octanol–water partition coefficient (Wildman–Crippen LogP) is 1.54. The van der Waals surface area contributed by atoms with Crippen molar-refractivity contribution in [2.75, 3.05) is 20.2 Å². The molecule has 1 aliphatic heterocycles. The second kappa shape index (κ2) is 7.18. The van der Waals surface area contributed by atoms with Crippen molar-refractivity contribution in [2.24, 2.45) is 7.05 Å². The highest BCUT2D eigenvalue weighted by atomic mass is 32.2. The number of piperidine rings is 1. The largest absolute Gasteiger partial charge is 0.490 e. The zero-order valence-corrected chi connectivity index (χ0v) is 14.1. The summed E-state index contributed by atoms with van der Waals surface area (Å²) in [5.74, 6) is 2.74. The molecule has 7 nitrogen and oxygen atoms in total. The van der Waals surface area contributed by atoms with Crippen LogP contribution in [0.5, 0.6) is 5.75 Å². The van der Waals surface area contributed by atoms with E-state index in [4.69, 9.17) is 9.15 Å². The van der Waals surface area contributed by atoms with E-state index in [2.05, 4.69) is 15.5 Å². The summed E-state index contributed by atoms with van der Waals surface area (Å²) in [5.41, 5.74) is -0.179. The molecule has 3 heterocycles. The molecule has 0 unspecified atom stereocenters. The van der Waals surface area contributed by atoms with Gasteiger partial charge >= 0.3 is 0 Å². The first-order chi connectivity index (χ1) is 11.2. The standard InChI is InChI=1S/C15H20N4O3S/c1-19-14(10-4-3-5-16-7-10)17-18-15(19)23-9-11-6-12(20)13(21-2)8-22-11/h6,8,10,16H,3-5,7,9H2,1-2H3/t10-/m0/s1. The summed E-state index contributed by atoms with van der Waals surface area (Å²) >= 11 is 1.50. The Labute approximate surface area is 138 Å². The van der Waals surface area contributed by atoms with Crippen LogP contribution in [0.1, 0.15) is 30.3 Å². The average molecular weight is 336 g/mol. The molecule has 2 aromatic rings. The Bertz CT molecular complexity index is 722. The number of methoxy groups -OCH3 is 1. The van der Waals surface area contributed by atoms with Crippen molar-refractivity contribution < 1.29 is 9.15 Å². The van der Waals surface area contributed by atoms with Crippen molar-refractivity contribution in [2.45, 2.75) is 29.7 Å². The van der Waals surface area contributed by atoms with Gasteiger partial charge in [0.2, 0.25) is 11.2 Å². The number of thioether (sulfide) groups is 1. The van der Waals surface area contributed by atoms with E-state index in [1.807, 2.05) is 11.6 Å². The summed E-state index contributed by atoms with van der Waals surface area (Å²) < 4.78 is 12.3. The van der Waals surface area contributed by atoms with Gasteiger partial charge in [-0.15, -0.1) is 10.2 Å². The van der Waals surface area contributed by atoms with Gasteiger partial charge in [-0.1, -0.05) is 11.8 Å². The quantitative estimate of drug-likeness (QED) is 0.829. The summed E-state index contributed by atoms with van der Waals surface area (Å²) in [4.78, 5) is 11.7. The normalized spacial score (nSPS) is 18.1. The van der Waals surface area contributed by atoms with Gasteiger partial charge in [-0.2, -0.15) is 0 Å². The van der Waals surface area contributed by atoms with Crippen LogP contribution < -0.4 is 15.5 Å². The van der Waals surface area contributed by atoms with Crippen LogP contribution in [0.4, 0.5) is 0 Å². The van der Waals surface area contributed by atoms with Crippen molar-refractivity contribution >= 4 is 11.8 Å². The smallest absolute Gasteiger partial charge is 0.227 e. The van der Waals surface area contributed by atoms with Crippen LogP contribution in [0.2, 0.25) is 0 Å². The lowest BCUT2D eigenvalue weighted by Crippen LogP contribution is -2.29. The van der Waals surface area contributed by atoms with E-state index >= 15 is 0 Å². The van der Waals surface area contributed by atoms with Crippen LogP contribution in [0, 0.1) is 0 Å². The number of hydrogen-bond donors (Lipinski definition) is 1. The molecule has 0 radical (unpaired) electrons. The fraction of sp³-hybridized carbons (Fsp3) is 0.533. The van der Waals surface area contributed by atoms with Crippen LogP contribution >= 0.6 is 11.8 Å². The Hall–Kier alpha value is -1.80. The molecule has 124 valence electrons. The lowest BCUT2D eigenvalue weighted by atomic mass is 9.99. The Balaban J connectivity index is 1.68. The summed E-state index contributed by atoms with van der Waals surface area (Å²) in [7, 11) is 3.43. The highest BCUT2D eigenvalue weighted by Gasteiger charge is 2.21. The average Bonchev–Trinajstić information content (AvgIpc) is 2.94. The highest BCUT2D eigenvalue weighted by Crippen LogP contribution is 2.26. The van der Waals surface area contributed by atoms with Gasteiger partial charge in [-0.25, -0.2) is 0 Å². The van der Waals surface area contributed by atoms with Crippen molar-refractivity contribution in [3.8, 4) is 5.75 Å². The minimum atomic E-state index is -0.179. The van der Waals surface area contributed by atoms with Crippen LogP contribution in [0.15, 0.2) is 26.7 Å². The Morgan fingerprint density at radius 3 is 3.09 bits per heavy atom. The summed E-state index contributed by atoms with van der Waals surface area (Å²) in [6, 6.07) is 1.45. The third kappa shape index (κ3) is 3.59. The summed E-state index contributed by atoms with van der Waals surface area (Å²) in [5, 5.41) is 12.8. The predicted molar refractivity (Wildman–Crippen MR) is 86.9 cm³/mol. The molecular weight excluding hydrogens is 316 g/mol. The molecule has 0 spiro atoms. The molecule has 0 aromatic carbocycles. The van der Waals surface area contributed by atoms with E-state index in [0.717, 1.165) is 36.9 Å². The van der Waals surface area contributed by atoms with Gasteiger partial charge in [0, 0.05) is 25.6 Å². The molecule has 1 aliphatic rings. The monoisotopic (exact) mass is 336 g/mol. The van der Waals surface area contributed by atoms with Crippen LogP contribution in [-0.4, -0.2) is 35.0 Å². The van der Waals surface area contributed by atoms with E-state index in [0.29, 0.717) is 17.4 Å². The van der Waals surface area contributed by atoms with Gasteiger partial charge in [-0.05, 0) is 19.4 Å². The molecule has 8 heteroatoms. The SMILES string of the molecule is COc1coc(CSc2nnc([C@H]3CCCNC3)n2C)cc1=O. The molecule has 2 aromatic heterocycles. The third-order valence-corrected chi connectivity index (χ3v) is 4.99. The Kier molecular flexibility index (Phi) is 5.02. The van der Waals surface area contributed by atoms with E-state index < -0.39 is 0 Å². The molecule has 0 saturated carbocycles. The summed E-state index contributed by atoms with van der Waals surface area (Å²) in [6.07, 6.45) is 3.64. The number of nitrogens with zero attached hydrogens (tertiary/aromatic N) is 3. The maximum absolute atomic E-state index is 11.7. The fourth-order valence-corrected chi connectivity index (χ4v) is 3.49. The molecular formula is C15H20N4O3S. The number of ether oxygens (including phenoxy) is 1. The van der Waals surface area contributed by atoms with Gasteiger partial charge in [-0.3, -0.25) is 4.79 Å². The maximum atomic E-state index is 11.7. The Morgan fingerprint density at radius 2 is 2.39 bits per heavy atom. The van der Waals surface area contributed by atoms with Gasteiger partial charge in [0.15, 0.2) is 5.16 Å². The molecule has 0 aliphatic carbocycles. The first-order valence-corrected chi connectivity index (χ1v) is 8.56. The molecule has 0 amide bonds. The number of aromatic nitrogens is 3. The lowest BCUT2D eigenvalue weighted by Gasteiger charge is -2.21. The number of rotatable bonds is 5. The van der Waals surface area contributed by atoms with Crippen molar-refractivity contribution in [1.29, 1.82) is 0 Å². The lowest BCUT2D eigenvalue weighted by molar-refractivity contribution is 0.381. The van der Waals surface area contributed by atoms with Crippen LogP contribution in [-0.2, 0) is 12.8 Å². The van der Waals surface area contributed by atoms with Gasteiger partial charge in [0.05, 0.1) is 12.9 Å². The molecule has 0 bridgehead atoms. The van der Waals surface area contributed by atoms with Crippen molar-refractivity contribution in [3.05, 3.63) is 34.1 Å². The molecule has 1 fully saturated rings. The third-order valence-electron chi connectivity index (χ3n) is 3.95. The second-order valence-corrected chi connectivity index (χ2v) is 6.45. The van der Waals surface area contributed by atoms with Gasteiger partial charge in [0.1, 0.15) is 17.8 Å². The van der Waals surface area contributed by atoms with Crippen molar-refractivity contribution in [1.82, 2.24) is 20.1 Å². The molecule has 23 heavy (non-hydrogen) atoms. The van der Waals surface area contributed by atoms with Crippen molar-refractivity contribution in [3.63, 3.8) is 0 Å². The van der Waals surface area contributed by atoms with E-state index in [-0.39, 0.29) is 11.2 Å². The fourth-order valence-electron chi connectivity index (χ4n) is 2.68. The molecule has 1 saturated heterocycles. The molecule has 3 rings (SSSR count). The van der Waals surface area contributed by atoms with Gasteiger partial charge in [0.25, 0.3) is 0 Å². The molecule has 1 atom stereocenters. The minimum Gasteiger partial charge on any atom is -0.490 e. The number of nitrogens with one attached hydrogen (secondary N) is 1. The highest BCUT2D eigenvalue weighted by molar-refractivity contribution is 7.98. The minimum absolute atomic E-state index is 0.179. The zero-order chi connectivity index (χ0) is 16.2. The summed E-state index contributed by atoms with van der Waals surface area (Å²) in [6.45, 7) is 2.02. The molecule has 1 N–H and O–H groups in total. The van der Waals surface area contributed by atoms with E-state index in [9.17, 15) is 4.79 Å². The van der Waals surface area contributed by atoms with E-state index in [1.165, 1.54) is 31.2 Å². The topological polar surface area (TPSA) is 82.2 Å². The van der Waals surface area contributed by atoms with Crippen LogP contribution in [0.25, 0.3) is 0 Å². The first kappa shape index (κ1) is 16.1. The zero-order valence-electron chi connectivity index (χ0n) is 13.2. The van der Waals surface area contributed by atoms with Gasteiger partial charge < -0.3 is 19.0 Å². The maximum Gasteiger partial charge on any atom is 0.227 e. The first-order valence-electron chi connectivity index (χ1n) is 7.57.